The summed E-state index contributed by atoms with van der Waals surface area (Å²) in [5.41, 5.74) is 1.54. The van der Waals surface area contributed by atoms with Crippen LogP contribution in [0, 0.1) is 0 Å². The van der Waals surface area contributed by atoms with Gasteiger partial charge in [0, 0.05) is 18.4 Å². The van der Waals surface area contributed by atoms with Gasteiger partial charge in [-0.15, -0.1) is 0 Å². The monoisotopic (exact) mass is 447 g/mol. The lowest BCUT2D eigenvalue weighted by Crippen LogP contribution is -2.31. The molecule has 0 saturated heterocycles. The molecule has 0 bridgehead atoms. The molecule has 0 aliphatic heterocycles. The molecule has 1 N–H and O–H groups in total. The minimum atomic E-state index is -3.36. The molecular formula is C24H21N3O4S. The standard InChI is InChI=1S/C24H21N3O4S/c1-32(30,31)19-13-11-18(12-14-19)24(29)27(15-17-7-3-2-4-8-17)16-22-25-21-10-6-5-9-20(21)23(28)26-22/h2-14H,15-16H2,1H3,(H,25,26,28). The van der Waals surface area contributed by atoms with E-state index in [0.717, 1.165) is 11.8 Å². The molecule has 0 spiro atoms. The van der Waals surface area contributed by atoms with Crippen molar-refractivity contribution < 1.29 is 13.2 Å². The van der Waals surface area contributed by atoms with Gasteiger partial charge >= 0.3 is 0 Å². The van der Waals surface area contributed by atoms with Gasteiger partial charge in [0.1, 0.15) is 5.82 Å². The number of carbonyl (C=O) groups excluding carboxylic acids is 1. The van der Waals surface area contributed by atoms with Gasteiger partial charge in [0.15, 0.2) is 9.84 Å². The van der Waals surface area contributed by atoms with Gasteiger partial charge in [0.2, 0.25) is 0 Å². The smallest absolute Gasteiger partial charge is 0.258 e. The topological polar surface area (TPSA) is 100 Å². The summed E-state index contributed by atoms with van der Waals surface area (Å²) in [5, 5.41) is 0.480. The first-order valence-corrected chi connectivity index (χ1v) is 11.8. The highest BCUT2D eigenvalue weighted by molar-refractivity contribution is 7.90. The number of hydrogen-bond donors (Lipinski definition) is 1. The Morgan fingerprint density at radius 1 is 0.906 bits per heavy atom. The molecule has 0 atom stereocenters. The summed E-state index contributed by atoms with van der Waals surface area (Å²) in [7, 11) is -3.36. The fourth-order valence-corrected chi connectivity index (χ4v) is 4.05. The van der Waals surface area contributed by atoms with Crippen molar-refractivity contribution in [2.75, 3.05) is 6.26 Å². The van der Waals surface area contributed by atoms with E-state index in [-0.39, 0.29) is 22.9 Å². The molecule has 0 aliphatic carbocycles. The third-order valence-corrected chi connectivity index (χ3v) is 6.16. The minimum absolute atomic E-state index is 0.0850. The molecule has 4 rings (SSSR count). The van der Waals surface area contributed by atoms with E-state index in [0.29, 0.717) is 28.8 Å². The molecule has 1 aromatic heterocycles. The van der Waals surface area contributed by atoms with E-state index >= 15 is 0 Å². The number of hydrogen-bond acceptors (Lipinski definition) is 5. The summed E-state index contributed by atoms with van der Waals surface area (Å²) in [6.45, 7) is 0.381. The van der Waals surface area contributed by atoms with Crippen molar-refractivity contribution in [3.8, 4) is 0 Å². The summed E-state index contributed by atoms with van der Waals surface area (Å²) in [6, 6.07) is 22.3. The molecular weight excluding hydrogens is 426 g/mol. The van der Waals surface area contributed by atoms with Crippen LogP contribution in [0.3, 0.4) is 0 Å². The fourth-order valence-electron chi connectivity index (χ4n) is 3.42. The van der Waals surface area contributed by atoms with E-state index < -0.39 is 9.84 Å². The number of nitrogens with one attached hydrogen (secondary N) is 1. The Morgan fingerprint density at radius 2 is 1.56 bits per heavy atom. The SMILES string of the molecule is CS(=O)(=O)c1ccc(C(=O)N(Cc2ccccc2)Cc2nc3ccccc3c(=O)[nH]2)cc1. The molecule has 0 radical (unpaired) electrons. The van der Waals surface area contributed by atoms with Gasteiger partial charge in [-0.1, -0.05) is 42.5 Å². The Bertz CT molecular complexity index is 1430. The van der Waals surface area contributed by atoms with Crippen LogP contribution in [-0.2, 0) is 22.9 Å². The number of H-pyrrole nitrogens is 1. The molecule has 0 saturated carbocycles. The van der Waals surface area contributed by atoms with Crippen LogP contribution in [0.4, 0.5) is 0 Å². The molecule has 162 valence electrons. The lowest BCUT2D eigenvalue weighted by Gasteiger charge is -2.23. The highest BCUT2D eigenvalue weighted by Gasteiger charge is 2.19. The van der Waals surface area contributed by atoms with E-state index in [1.54, 1.807) is 29.2 Å². The summed E-state index contributed by atoms with van der Waals surface area (Å²) in [5.74, 6) is 0.0652. The van der Waals surface area contributed by atoms with Crippen molar-refractivity contribution in [2.45, 2.75) is 18.0 Å². The Kier molecular flexibility index (Phi) is 5.87. The predicted octanol–water partition coefficient (Wildman–Crippen LogP) is 3.17. The zero-order valence-electron chi connectivity index (χ0n) is 17.4. The number of aromatic nitrogens is 2. The molecule has 8 heteroatoms. The van der Waals surface area contributed by atoms with Crippen molar-refractivity contribution in [1.29, 1.82) is 0 Å². The van der Waals surface area contributed by atoms with Crippen molar-refractivity contribution in [1.82, 2.24) is 14.9 Å². The maximum absolute atomic E-state index is 13.3. The molecule has 32 heavy (non-hydrogen) atoms. The van der Waals surface area contributed by atoms with Gasteiger partial charge in [0.25, 0.3) is 11.5 Å². The van der Waals surface area contributed by atoms with Gasteiger partial charge in [-0.05, 0) is 42.0 Å². The largest absolute Gasteiger partial charge is 0.327 e. The molecule has 1 amide bonds. The van der Waals surface area contributed by atoms with Crippen LogP contribution in [0.25, 0.3) is 10.9 Å². The van der Waals surface area contributed by atoms with Crippen LogP contribution < -0.4 is 5.56 Å². The quantitative estimate of drug-likeness (QED) is 0.489. The van der Waals surface area contributed by atoms with E-state index in [1.807, 2.05) is 30.3 Å². The van der Waals surface area contributed by atoms with Crippen LogP contribution in [0.15, 0.2) is 88.6 Å². The number of aromatic amines is 1. The second-order valence-electron chi connectivity index (χ2n) is 7.47. The lowest BCUT2D eigenvalue weighted by molar-refractivity contribution is 0.0725. The van der Waals surface area contributed by atoms with Gasteiger partial charge in [-0.2, -0.15) is 0 Å². The van der Waals surface area contributed by atoms with E-state index in [9.17, 15) is 18.0 Å². The maximum Gasteiger partial charge on any atom is 0.258 e. The Labute approximate surface area is 185 Å². The van der Waals surface area contributed by atoms with E-state index in [4.69, 9.17) is 0 Å². The lowest BCUT2D eigenvalue weighted by atomic mass is 10.1. The third-order valence-electron chi connectivity index (χ3n) is 5.04. The highest BCUT2D eigenvalue weighted by atomic mass is 32.2. The van der Waals surface area contributed by atoms with Crippen molar-refractivity contribution in [3.63, 3.8) is 0 Å². The molecule has 1 heterocycles. The summed E-state index contributed by atoms with van der Waals surface area (Å²) >= 11 is 0. The number of amides is 1. The number of benzene rings is 3. The van der Waals surface area contributed by atoms with E-state index in [2.05, 4.69) is 9.97 Å². The first kappa shape index (κ1) is 21.5. The molecule has 7 nitrogen and oxygen atoms in total. The molecule has 0 aliphatic rings. The van der Waals surface area contributed by atoms with Crippen molar-refractivity contribution in [2.24, 2.45) is 0 Å². The van der Waals surface area contributed by atoms with Gasteiger partial charge in [-0.3, -0.25) is 9.59 Å². The molecule has 3 aromatic carbocycles. The number of rotatable bonds is 6. The van der Waals surface area contributed by atoms with Crippen LogP contribution >= 0.6 is 0 Å². The first-order chi connectivity index (χ1) is 15.3. The minimum Gasteiger partial charge on any atom is -0.327 e. The van der Waals surface area contributed by atoms with Gasteiger partial charge in [-0.25, -0.2) is 13.4 Å². The highest BCUT2D eigenvalue weighted by Crippen LogP contribution is 2.16. The second-order valence-corrected chi connectivity index (χ2v) is 9.49. The van der Waals surface area contributed by atoms with Crippen LogP contribution in [0.5, 0.6) is 0 Å². The molecule has 4 aromatic rings. The number of sulfone groups is 1. The van der Waals surface area contributed by atoms with Crippen LogP contribution in [-0.4, -0.2) is 35.4 Å². The average molecular weight is 448 g/mol. The Balaban J connectivity index is 1.69. The zero-order valence-corrected chi connectivity index (χ0v) is 18.2. The van der Waals surface area contributed by atoms with Crippen molar-refractivity contribution in [3.05, 3.63) is 106 Å². The molecule has 0 fully saturated rings. The Hall–Kier alpha value is -3.78. The normalized spacial score (nSPS) is 11.4. The second kappa shape index (κ2) is 8.76. The average Bonchev–Trinajstić information content (AvgIpc) is 2.78. The van der Waals surface area contributed by atoms with E-state index in [1.165, 1.54) is 24.3 Å². The number of para-hydroxylation sites is 1. The summed E-state index contributed by atoms with van der Waals surface area (Å²) < 4.78 is 23.5. The molecule has 0 unspecified atom stereocenters. The zero-order chi connectivity index (χ0) is 22.7. The van der Waals surface area contributed by atoms with Crippen molar-refractivity contribution >= 4 is 26.6 Å². The fraction of sp³-hybridized carbons (Fsp3) is 0.125. The van der Waals surface area contributed by atoms with Gasteiger partial charge < -0.3 is 9.88 Å². The number of nitrogens with zero attached hydrogens (tertiary/aromatic N) is 2. The maximum atomic E-state index is 13.3. The summed E-state index contributed by atoms with van der Waals surface area (Å²) in [4.78, 5) is 34.8. The number of fused-ring (bicyclic) bond motifs is 1. The van der Waals surface area contributed by atoms with Gasteiger partial charge in [0.05, 0.1) is 22.3 Å². The number of carbonyl (C=O) groups is 1. The predicted molar refractivity (Wildman–Crippen MR) is 122 cm³/mol. The third kappa shape index (κ3) is 4.76. The van der Waals surface area contributed by atoms with Crippen LogP contribution in [0.2, 0.25) is 0 Å². The van der Waals surface area contributed by atoms with Crippen LogP contribution in [0.1, 0.15) is 21.7 Å². The summed E-state index contributed by atoms with van der Waals surface area (Å²) in [6.07, 6.45) is 1.12. The Morgan fingerprint density at radius 3 is 2.25 bits per heavy atom. The first-order valence-electron chi connectivity index (χ1n) is 9.92.